The Labute approximate surface area is 415 Å². The molecule has 0 aromatic rings. The van der Waals surface area contributed by atoms with Gasteiger partial charge in [-0.15, -0.1) is 0 Å². The molecule has 67 heavy (non-hydrogen) atoms. The van der Waals surface area contributed by atoms with Crippen molar-refractivity contribution in [1.82, 2.24) is 0 Å². The minimum Gasteiger partial charge on any atom is -0.462 e. The standard InChI is InChI=1S/C61H108O6/c1-4-7-10-13-16-19-22-25-27-29-31-33-34-36-39-42-45-48-51-54-60(63)66-57-58(56-65-59(62)53-50-47-44-41-38-24-21-18-15-12-9-6-3)67-61(64)55-52-49-46-43-40-37-35-32-30-28-26-23-20-17-14-11-8-5-2/h7,10,16,18-19,21,25,27,31,33,58H,4-6,8-9,11-15,17,20,22-24,26,28-30,32,34-57H2,1-3H3/b10-7-,19-16-,21-18-,27-25-,33-31-. The van der Waals surface area contributed by atoms with Crippen molar-refractivity contribution in [3.05, 3.63) is 60.8 Å². The van der Waals surface area contributed by atoms with Crippen molar-refractivity contribution in [1.29, 1.82) is 0 Å². The second-order valence-corrected chi connectivity index (χ2v) is 19.2. The van der Waals surface area contributed by atoms with E-state index in [4.69, 9.17) is 14.2 Å². The number of allylic oxidation sites excluding steroid dienone is 10. The van der Waals surface area contributed by atoms with Crippen LogP contribution in [-0.4, -0.2) is 37.2 Å². The maximum absolute atomic E-state index is 12.9. The zero-order valence-electron chi connectivity index (χ0n) is 44.4. The van der Waals surface area contributed by atoms with Crippen LogP contribution in [0.3, 0.4) is 0 Å². The topological polar surface area (TPSA) is 78.9 Å². The van der Waals surface area contributed by atoms with Gasteiger partial charge in [0.25, 0.3) is 0 Å². The SMILES string of the molecule is CC/C=C\C/C=C\C/C=C\C/C=C\CCCCCCCCC(=O)OCC(COC(=O)CCCCCCC/C=C\CCCCC)OC(=O)CCCCCCCCCCCCCCCCCCCC. The first-order chi connectivity index (χ1) is 33.0. The summed E-state index contributed by atoms with van der Waals surface area (Å²) >= 11 is 0. The van der Waals surface area contributed by atoms with Crippen LogP contribution in [0.2, 0.25) is 0 Å². The number of carbonyl (C=O) groups excluding carboxylic acids is 3. The summed E-state index contributed by atoms with van der Waals surface area (Å²) in [4.78, 5) is 38.1. The van der Waals surface area contributed by atoms with Crippen molar-refractivity contribution < 1.29 is 28.6 Å². The molecule has 388 valence electrons. The van der Waals surface area contributed by atoms with Gasteiger partial charge in [-0.1, -0.05) is 248 Å². The van der Waals surface area contributed by atoms with Gasteiger partial charge in [0.2, 0.25) is 0 Å². The number of hydrogen-bond acceptors (Lipinski definition) is 6. The second kappa shape index (κ2) is 55.7. The summed E-state index contributed by atoms with van der Waals surface area (Å²) in [6, 6.07) is 0. The van der Waals surface area contributed by atoms with Crippen LogP contribution < -0.4 is 0 Å². The normalized spacial score (nSPS) is 12.5. The van der Waals surface area contributed by atoms with Gasteiger partial charge in [-0.3, -0.25) is 14.4 Å². The van der Waals surface area contributed by atoms with Crippen molar-refractivity contribution in [2.75, 3.05) is 13.2 Å². The van der Waals surface area contributed by atoms with Gasteiger partial charge in [0.05, 0.1) is 0 Å². The van der Waals surface area contributed by atoms with E-state index < -0.39 is 6.10 Å². The molecule has 0 bridgehead atoms. The van der Waals surface area contributed by atoms with Gasteiger partial charge in [0.15, 0.2) is 6.10 Å². The summed E-state index contributed by atoms with van der Waals surface area (Å²) in [5.41, 5.74) is 0. The molecular weight excluding hydrogens is 829 g/mol. The zero-order valence-corrected chi connectivity index (χ0v) is 44.4. The van der Waals surface area contributed by atoms with E-state index in [9.17, 15) is 14.4 Å². The van der Waals surface area contributed by atoms with Crippen LogP contribution in [0.1, 0.15) is 290 Å². The van der Waals surface area contributed by atoms with Gasteiger partial charge in [0.1, 0.15) is 13.2 Å². The Balaban J connectivity index is 4.36. The number of unbranched alkanes of at least 4 members (excludes halogenated alkanes) is 31. The highest BCUT2D eigenvalue weighted by Gasteiger charge is 2.19. The van der Waals surface area contributed by atoms with E-state index >= 15 is 0 Å². The van der Waals surface area contributed by atoms with E-state index in [1.807, 2.05) is 0 Å². The van der Waals surface area contributed by atoms with Crippen molar-refractivity contribution in [3.63, 3.8) is 0 Å². The Kier molecular flexibility index (Phi) is 53.3. The first-order valence-electron chi connectivity index (χ1n) is 28.8. The number of esters is 3. The molecule has 0 heterocycles. The number of hydrogen-bond donors (Lipinski definition) is 0. The lowest BCUT2D eigenvalue weighted by molar-refractivity contribution is -0.167. The fraction of sp³-hybridized carbons (Fsp3) is 0.787. The third-order valence-corrected chi connectivity index (χ3v) is 12.5. The average molecular weight is 938 g/mol. The quantitative estimate of drug-likeness (QED) is 0.0262. The number of carbonyl (C=O) groups is 3. The van der Waals surface area contributed by atoms with Crippen molar-refractivity contribution in [3.8, 4) is 0 Å². The minimum absolute atomic E-state index is 0.0809. The van der Waals surface area contributed by atoms with E-state index in [1.54, 1.807) is 0 Å². The fourth-order valence-electron chi connectivity index (χ4n) is 8.19. The minimum atomic E-state index is -0.781. The lowest BCUT2D eigenvalue weighted by Crippen LogP contribution is -2.30. The van der Waals surface area contributed by atoms with Gasteiger partial charge in [-0.05, 0) is 83.5 Å². The molecule has 0 saturated carbocycles. The Bertz CT molecular complexity index is 1210. The molecule has 0 aliphatic carbocycles. The molecule has 0 aromatic carbocycles. The molecule has 0 aliphatic heterocycles. The number of rotatable bonds is 52. The Morgan fingerprint density at radius 2 is 0.582 bits per heavy atom. The van der Waals surface area contributed by atoms with Gasteiger partial charge in [0, 0.05) is 19.3 Å². The molecule has 1 unspecified atom stereocenters. The number of ether oxygens (including phenoxy) is 3. The van der Waals surface area contributed by atoms with Crippen LogP contribution in [0.4, 0.5) is 0 Å². The molecule has 0 N–H and O–H groups in total. The summed E-state index contributed by atoms with van der Waals surface area (Å²) < 4.78 is 16.9. The molecule has 0 radical (unpaired) electrons. The molecule has 6 heteroatoms. The first kappa shape index (κ1) is 64.1. The monoisotopic (exact) mass is 937 g/mol. The maximum Gasteiger partial charge on any atom is 0.306 e. The molecule has 6 nitrogen and oxygen atoms in total. The summed E-state index contributed by atoms with van der Waals surface area (Å²) in [5, 5.41) is 0. The summed E-state index contributed by atoms with van der Waals surface area (Å²) in [5.74, 6) is -0.891. The first-order valence-corrected chi connectivity index (χ1v) is 28.8. The lowest BCUT2D eigenvalue weighted by atomic mass is 10.0. The maximum atomic E-state index is 12.9. The molecule has 0 spiro atoms. The molecule has 1 atom stereocenters. The zero-order chi connectivity index (χ0) is 48.6. The lowest BCUT2D eigenvalue weighted by Gasteiger charge is -2.18. The van der Waals surface area contributed by atoms with E-state index in [0.717, 1.165) is 96.3 Å². The van der Waals surface area contributed by atoms with Gasteiger partial charge in [-0.2, -0.15) is 0 Å². The highest BCUT2D eigenvalue weighted by Crippen LogP contribution is 2.16. The predicted molar refractivity (Wildman–Crippen MR) is 288 cm³/mol. The van der Waals surface area contributed by atoms with Crippen LogP contribution >= 0.6 is 0 Å². The van der Waals surface area contributed by atoms with E-state index in [-0.39, 0.29) is 31.1 Å². The summed E-state index contributed by atoms with van der Waals surface area (Å²) in [6.07, 6.45) is 69.2. The van der Waals surface area contributed by atoms with Gasteiger partial charge >= 0.3 is 17.9 Å². The molecule has 0 rings (SSSR count). The van der Waals surface area contributed by atoms with Crippen molar-refractivity contribution in [2.24, 2.45) is 0 Å². The molecule has 0 aliphatic rings. The average Bonchev–Trinajstić information content (AvgIpc) is 3.33. The van der Waals surface area contributed by atoms with E-state index in [1.165, 1.54) is 154 Å². The highest BCUT2D eigenvalue weighted by molar-refractivity contribution is 5.71. The fourth-order valence-corrected chi connectivity index (χ4v) is 8.19. The second-order valence-electron chi connectivity index (χ2n) is 19.2. The molecule has 0 amide bonds. The molecular formula is C61H108O6. The molecule has 0 fully saturated rings. The predicted octanol–water partition coefficient (Wildman–Crippen LogP) is 19.2. The van der Waals surface area contributed by atoms with Crippen molar-refractivity contribution >= 4 is 17.9 Å². The Morgan fingerprint density at radius 3 is 0.955 bits per heavy atom. The van der Waals surface area contributed by atoms with Crippen LogP contribution in [-0.2, 0) is 28.6 Å². The van der Waals surface area contributed by atoms with Crippen LogP contribution in [0.15, 0.2) is 60.8 Å². The van der Waals surface area contributed by atoms with Crippen LogP contribution in [0.25, 0.3) is 0 Å². The van der Waals surface area contributed by atoms with Gasteiger partial charge < -0.3 is 14.2 Å². The smallest absolute Gasteiger partial charge is 0.306 e. The van der Waals surface area contributed by atoms with Crippen molar-refractivity contribution in [2.45, 2.75) is 297 Å². The summed E-state index contributed by atoms with van der Waals surface area (Å²) in [7, 11) is 0. The largest absolute Gasteiger partial charge is 0.462 e. The summed E-state index contributed by atoms with van der Waals surface area (Å²) in [6.45, 7) is 6.51. The Hall–Kier alpha value is -2.89. The third-order valence-electron chi connectivity index (χ3n) is 12.5. The Morgan fingerprint density at radius 1 is 0.313 bits per heavy atom. The van der Waals surface area contributed by atoms with E-state index in [0.29, 0.717) is 19.3 Å². The molecule has 0 saturated heterocycles. The van der Waals surface area contributed by atoms with Crippen LogP contribution in [0, 0.1) is 0 Å². The molecule has 0 aromatic heterocycles. The van der Waals surface area contributed by atoms with E-state index in [2.05, 4.69) is 81.5 Å². The highest BCUT2D eigenvalue weighted by atomic mass is 16.6. The van der Waals surface area contributed by atoms with Crippen LogP contribution in [0.5, 0.6) is 0 Å². The van der Waals surface area contributed by atoms with Gasteiger partial charge in [-0.25, -0.2) is 0 Å². The third kappa shape index (κ3) is 53.9.